The zero-order valence-corrected chi connectivity index (χ0v) is 14.3. The zero-order chi connectivity index (χ0) is 18.8. The molecule has 1 amide bonds. The molecule has 7 heteroatoms. The third-order valence-electron chi connectivity index (χ3n) is 3.32. The highest BCUT2D eigenvalue weighted by Gasteiger charge is 2.11. The minimum absolute atomic E-state index is 0.220. The Kier molecular flexibility index (Phi) is 7.17. The molecule has 0 aromatic heterocycles. The Morgan fingerprint density at radius 1 is 0.885 bits per heavy atom. The first-order valence-corrected chi connectivity index (χ1v) is 7.86. The molecule has 2 rings (SSSR count). The van der Waals surface area contributed by atoms with Gasteiger partial charge in [-0.3, -0.25) is 14.4 Å². The lowest BCUT2D eigenvalue weighted by Gasteiger charge is -2.08. The molecule has 0 radical (unpaired) electrons. The number of carbonyl (C=O) groups excluding carboxylic acids is 3. The maximum atomic E-state index is 11.9. The summed E-state index contributed by atoms with van der Waals surface area (Å²) in [5.41, 5.74) is 0.402. The number of benzene rings is 2. The van der Waals surface area contributed by atoms with Gasteiger partial charge in [0.05, 0.1) is 7.11 Å². The summed E-state index contributed by atoms with van der Waals surface area (Å²) in [5.74, 6) is -0.346. The van der Waals surface area contributed by atoms with Crippen LogP contribution in [0.2, 0.25) is 0 Å². The Hall–Kier alpha value is -3.35. The van der Waals surface area contributed by atoms with E-state index in [1.54, 1.807) is 48.5 Å². The Morgan fingerprint density at radius 2 is 1.58 bits per heavy atom. The van der Waals surface area contributed by atoms with Crippen molar-refractivity contribution < 1.29 is 28.6 Å². The molecule has 7 nitrogen and oxygen atoms in total. The molecular formula is C19H19NO6. The lowest BCUT2D eigenvalue weighted by atomic mass is 10.1. The second-order valence-corrected chi connectivity index (χ2v) is 5.19. The Morgan fingerprint density at radius 3 is 2.23 bits per heavy atom. The van der Waals surface area contributed by atoms with E-state index in [4.69, 9.17) is 14.2 Å². The highest BCUT2D eigenvalue weighted by atomic mass is 16.5. The summed E-state index contributed by atoms with van der Waals surface area (Å²) in [6.07, 6.45) is 0. The average molecular weight is 357 g/mol. The van der Waals surface area contributed by atoms with Gasteiger partial charge < -0.3 is 19.5 Å². The summed E-state index contributed by atoms with van der Waals surface area (Å²) in [4.78, 5) is 35.1. The number of hydrogen-bond acceptors (Lipinski definition) is 6. The fourth-order valence-electron chi connectivity index (χ4n) is 1.94. The van der Waals surface area contributed by atoms with E-state index in [2.05, 4.69) is 5.32 Å². The number of hydrogen-bond donors (Lipinski definition) is 1. The predicted molar refractivity (Wildman–Crippen MR) is 93.2 cm³/mol. The normalized spacial score (nSPS) is 9.88. The second kappa shape index (κ2) is 9.83. The van der Waals surface area contributed by atoms with Crippen molar-refractivity contribution in [2.45, 2.75) is 0 Å². The van der Waals surface area contributed by atoms with E-state index in [0.717, 1.165) is 0 Å². The Labute approximate surface area is 150 Å². The molecule has 0 aliphatic carbocycles. The summed E-state index contributed by atoms with van der Waals surface area (Å²) in [6, 6.07) is 15.3. The number of amides is 1. The van der Waals surface area contributed by atoms with Gasteiger partial charge in [0, 0.05) is 5.56 Å². The van der Waals surface area contributed by atoms with Crippen LogP contribution in [-0.2, 0) is 14.3 Å². The van der Waals surface area contributed by atoms with Crippen LogP contribution in [0.25, 0.3) is 0 Å². The first kappa shape index (κ1) is 19.0. The van der Waals surface area contributed by atoms with Crippen molar-refractivity contribution >= 4 is 17.7 Å². The highest BCUT2D eigenvalue weighted by molar-refractivity contribution is 5.98. The van der Waals surface area contributed by atoms with Gasteiger partial charge in [0.15, 0.2) is 19.0 Å². The quantitative estimate of drug-likeness (QED) is 0.542. The summed E-state index contributed by atoms with van der Waals surface area (Å²) in [5, 5.41) is 2.36. The van der Waals surface area contributed by atoms with Crippen LogP contribution in [0, 0.1) is 0 Å². The lowest BCUT2D eigenvalue weighted by molar-refractivity contribution is -0.143. The topological polar surface area (TPSA) is 90.9 Å². The number of ketones is 1. The first-order valence-electron chi connectivity index (χ1n) is 7.86. The van der Waals surface area contributed by atoms with Gasteiger partial charge in [-0.1, -0.05) is 18.2 Å². The molecule has 0 saturated heterocycles. The van der Waals surface area contributed by atoms with Crippen molar-refractivity contribution in [2.24, 2.45) is 0 Å². The van der Waals surface area contributed by atoms with Gasteiger partial charge in [0.25, 0.3) is 5.91 Å². The highest BCUT2D eigenvalue weighted by Crippen LogP contribution is 2.11. The third kappa shape index (κ3) is 6.27. The monoisotopic (exact) mass is 357 g/mol. The number of nitrogens with one attached hydrogen (secondary N) is 1. The van der Waals surface area contributed by atoms with Crippen molar-refractivity contribution in [3.05, 3.63) is 60.2 Å². The second-order valence-electron chi connectivity index (χ2n) is 5.19. The van der Waals surface area contributed by atoms with Crippen LogP contribution in [0.4, 0.5) is 0 Å². The fourth-order valence-corrected chi connectivity index (χ4v) is 1.94. The van der Waals surface area contributed by atoms with E-state index in [9.17, 15) is 14.4 Å². The van der Waals surface area contributed by atoms with Crippen LogP contribution in [0.5, 0.6) is 11.5 Å². The van der Waals surface area contributed by atoms with Gasteiger partial charge in [0.2, 0.25) is 0 Å². The van der Waals surface area contributed by atoms with E-state index in [-0.39, 0.29) is 18.9 Å². The van der Waals surface area contributed by atoms with Gasteiger partial charge in [-0.25, -0.2) is 0 Å². The van der Waals surface area contributed by atoms with Crippen LogP contribution < -0.4 is 14.8 Å². The molecule has 26 heavy (non-hydrogen) atoms. The molecule has 0 bridgehead atoms. The predicted octanol–water partition coefficient (Wildman–Crippen LogP) is 1.62. The summed E-state index contributed by atoms with van der Waals surface area (Å²) >= 11 is 0. The molecule has 0 aliphatic rings. The SMILES string of the molecule is COc1ccc(C(=O)COC(=O)CNC(=O)COc2ccccc2)cc1. The maximum absolute atomic E-state index is 11.9. The van der Waals surface area contributed by atoms with Gasteiger partial charge in [0.1, 0.15) is 18.0 Å². The first-order chi connectivity index (χ1) is 12.6. The molecule has 136 valence electrons. The van der Waals surface area contributed by atoms with E-state index >= 15 is 0 Å². The number of esters is 1. The Bertz CT molecular complexity index is 742. The zero-order valence-electron chi connectivity index (χ0n) is 14.3. The lowest BCUT2D eigenvalue weighted by Crippen LogP contribution is -2.34. The smallest absolute Gasteiger partial charge is 0.325 e. The largest absolute Gasteiger partial charge is 0.497 e. The maximum Gasteiger partial charge on any atom is 0.325 e. The molecule has 0 heterocycles. The van der Waals surface area contributed by atoms with E-state index in [0.29, 0.717) is 17.1 Å². The summed E-state index contributed by atoms with van der Waals surface area (Å²) in [6.45, 7) is -0.962. The molecule has 0 aliphatic heterocycles. The number of ether oxygens (including phenoxy) is 3. The van der Waals surface area contributed by atoms with Crippen molar-refractivity contribution in [2.75, 3.05) is 26.9 Å². The van der Waals surface area contributed by atoms with Gasteiger partial charge >= 0.3 is 5.97 Å². The van der Waals surface area contributed by atoms with Crippen molar-refractivity contribution in [3.8, 4) is 11.5 Å². The number of Topliss-reactive ketones (excluding diaryl/α,β-unsaturated/α-hetero) is 1. The summed E-state index contributed by atoms with van der Waals surface area (Å²) in [7, 11) is 1.53. The number of para-hydroxylation sites is 1. The fraction of sp³-hybridized carbons (Fsp3) is 0.211. The number of rotatable bonds is 9. The Balaban J connectivity index is 1.66. The van der Waals surface area contributed by atoms with Gasteiger partial charge in [-0.15, -0.1) is 0 Å². The van der Waals surface area contributed by atoms with Crippen LogP contribution >= 0.6 is 0 Å². The number of methoxy groups -OCH3 is 1. The summed E-state index contributed by atoms with van der Waals surface area (Å²) < 4.78 is 15.1. The van der Waals surface area contributed by atoms with Crippen LogP contribution in [0.1, 0.15) is 10.4 Å². The van der Waals surface area contributed by atoms with Crippen LogP contribution in [-0.4, -0.2) is 44.5 Å². The van der Waals surface area contributed by atoms with Gasteiger partial charge in [-0.2, -0.15) is 0 Å². The third-order valence-corrected chi connectivity index (χ3v) is 3.32. The molecule has 0 spiro atoms. The van der Waals surface area contributed by atoms with Crippen molar-refractivity contribution in [3.63, 3.8) is 0 Å². The van der Waals surface area contributed by atoms with Crippen LogP contribution in [0.15, 0.2) is 54.6 Å². The minimum atomic E-state index is -0.708. The van der Waals surface area contributed by atoms with E-state index in [1.807, 2.05) is 6.07 Å². The molecule has 1 N–H and O–H groups in total. The van der Waals surface area contributed by atoms with Gasteiger partial charge in [-0.05, 0) is 36.4 Å². The average Bonchev–Trinajstić information content (AvgIpc) is 2.69. The molecular weight excluding hydrogens is 338 g/mol. The number of carbonyl (C=O) groups is 3. The molecule has 0 saturated carbocycles. The standard InChI is InChI=1S/C19H19NO6/c1-24-15-9-7-14(8-10-15)17(21)12-26-19(23)11-20-18(22)13-25-16-5-3-2-4-6-16/h2-10H,11-13H2,1H3,(H,20,22). The van der Waals surface area contributed by atoms with Crippen molar-refractivity contribution in [1.82, 2.24) is 5.32 Å². The molecule has 2 aromatic rings. The van der Waals surface area contributed by atoms with E-state index in [1.165, 1.54) is 7.11 Å². The van der Waals surface area contributed by atoms with Crippen LogP contribution in [0.3, 0.4) is 0 Å². The van der Waals surface area contributed by atoms with E-state index < -0.39 is 18.5 Å². The molecule has 0 unspecified atom stereocenters. The minimum Gasteiger partial charge on any atom is -0.497 e. The van der Waals surface area contributed by atoms with Crippen molar-refractivity contribution in [1.29, 1.82) is 0 Å². The molecule has 0 fully saturated rings. The molecule has 0 atom stereocenters. The molecule has 2 aromatic carbocycles.